The molecule has 0 aliphatic carbocycles. The minimum absolute atomic E-state index is 0.126. The van der Waals surface area contributed by atoms with Crippen molar-refractivity contribution in [1.82, 2.24) is 24.8 Å². The molecule has 2 rings (SSSR count). The lowest BCUT2D eigenvalue weighted by atomic mass is 10.2. The van der Waals surface area contributed by atoms with Crippen molar-refractivity contribution < 1.29 is 9.59 Å². The zero-order valence-corrected chi connectivity index (χ0v) is 14.1. The number of pyridine rings is 1. The van der Waals surface area contributed by atoms with E-state index in [1.54, 1.807) is 46.5 Å². The van der Waals surface area contributed by atoms with Crippen LogP contribution in [0.3, 0.4) is 0 Å². The molecule has 0 bridgehead atoms. The molecule has 2 heterocycles. The van der Waals surface area contributed by atoms with Crippen molar-refractivity contribution >= 4 is 11.8 Å². The van der Waals surface area contributed by atoms with Crippen molar-refractivity contribution in [1.29, 1.82) is 0 Å². The van der Waals surface area contributed by atoms with Crippen LogP contribution in [0.2, 0.25) is 0 Å². The summed E-state index contributed by atoms with van der Waals surface area (Å²) in [6.45, 7) is 5.83. The fourth-order valence-electron chi connectivity index (χ4n) is 2.37. The second-order valence-electron chi connectivity index (χ2n) is 5.30. The van der Waals surface area contributed by atoms with Crippen LogP contribution in [0.25, 0.3) is 5.82 Å². The highest BCUT2D eigenvalue weighted by atomic mass is 16.2. The van der Waals surface area contributed by atoms with Crippen LogP contribution < -0.4 is 5.32 Å². The predicted molar refractivity (Wildman–Crippen MR) is 90.9 cm³/mol. The largest absolute Gasteiger partial charge is 0.352 e. The van der Waals surface area contributed by atoms with Crippen LogP contribution in [0.4, 0.5) is 0 Å². The molecule has 0 saturated carbocycles. The summed E-state index contributed by atoms with van der Waals surface area (Å²) in [5.74, 6) is 0.589. The standard InChI is InChI=1S/C17H23N5O2/c1-3-21(4-2)16(23)6-5-8-20-17(24)14-7-9-19-15(12-14)22-11-10-18-13-22/h7,9-13H,3-6,8H2,1-2H3,(H,20,24). The zero-order valence-electron chi connectivity index (χ0n) is 14.1. The molecule has 0 aliphatic rings. The van der Waals surface area contributed by atoms with Gasteiger partial charge in [-0.2, -0.15) is 0 Å². The van der Waals surface area contributed by atoms with Crippen molar-refractivity contribution in [2.24, 2.45) is 0 Å². The van der Waals surface area contributed by atoms with E-state index in [1.165, 1.54) is 0 Å². The molecule has 0 unspecified atom stereocenters. The van der Waals surface area contributed by atoms with Crippen LogP contribution in [0.1, 0.15) is 37.0 Å². The fourth-order valence-corrected chi connectivity index (χ4v) is 2.37. The molecule has 0 aliphatic heterocycles. The van der Waals surface area contributed by atoms with E-state index in [-0.39, 0.29) is 11.8 Å². The Balaban J connectivity index is 1.83. The van der Waals surface area contributed by atoms with Gasteiger partial charge in [0, 0.05) is 50.2 Å². The van der Waals surface area contributed by atoms with E-state index in [0.29, 0.717) is 30.8 Å². The molecule has 2 aromatic heterocycles. The summed E-state index contributed by atoms with van der Waals surface area (Å²) in [7, 11) is 0. The minimum atomic E-state index is -0.172. The van der Waals surface area contributed by atoms with Gasteiger partial charge in [-0.3, -0.25) is 14.2 Å². The maximum atomic E-state index is 12.2. The third-order valence-electron chi connectivity index (χ3n) is 3.75. The Morgan fingerprint density at radius 2 is 2.04 bits per heavy atom. The van der Waals surface area contributed by atoms with Crippen LogP contribution in [0, 0.1) is 0 Å². The van der Waals surface area contributed by atoms with Gasteiger partial charge in [-0.15, -0.1) is 0 Å². The van der Waals surface area contributed by atoms with E-state index in [1.807, 2.05) is 13.8 Å². The third-order valence-corrected chi connectivity index (χ3v) is 3.75. The average Bonchev–Trinajstić information content (AvgIpc) is 3.14. The topological polar surface area (TPSA) is 80.1 Å². The number of hydrogen-bond acceptors (Lipinski definition) is 4. The first-order chi connectivity index (χ1) is 11.7. The van der Waals surface area contributed by atoms with E-state index >= 15 is 0 Å². The van der Waals surface area contributed by atoms with Gasteiger partial charge in [0.25, 0.3) is 5.91 Å². The number of amides is 2. The lowest BCUT2D eigenvalue weighted by Crippen LogP contribution is -2.31. The molecular formula is C17H23N5O2. The second-order valence-corrected chi connectivity index (χ2v) is 5.30. The molecule has 7 heteroatoms. The van der Waals surface area contributed by atoms with Crippen LogP contribution in [0.5, 0.6) is 0 Å². The molecule has 2 aromatic rings. The van der Waals surface area contributed by atoms with Gasteiger partial charge in [0.2, 0.25) is 5.91 Å². The summed E-state index contributed by atoms with van der Waals surface area (Å²) in [5, 5.41) is 2.84. The van der Waals surface area contributed by atoms with Crippen molar-refractivity contribution in [2.75, 3.05) is 19.6 Å². The molecule has 0 spiro atoms. The monoisotopic (exact) mass is 329 g/mol. The molecule has 0 radical (unpaired) electrons. The first-order valence-electron chi connectivity index (χ1n) is 8.16. The summed E-state index contributed by atoms with van der Waals surface area (Å²) in [6.07, 6.45) is 7.71. The van der Waals surface area contributed by atoms with Crippen molar-refractivity contribution in [3.8, 4) is 5.82 Å². The number of carbonyl (C=O) groups excluding carboxylic acids is 2. The number of imidazole rings is 1. The van der Waals surface area contributed by atoms with Gasteiger partial charge in [-0.25, -0.2) is 9.97 Å². The molecule has 128 valence electrons. The van der Waals surface area contributed by atoms with Crippen LogP contribution in [-0.2, 0) is 4.79 Å². The van der Waals surface area contributed by atoms with Gasteiger partial charge < -0.3 is 10.2 Å². The van der Waals surface area contributed by atoms with Crippen molar-refractivity contribution in [3.63, 3.8) is 0 Å². The summed E-state index contributed by atoms with van der Waals surface area (Å²) in [5.41, 5.74) is 0.531. The van der Waals surface area contributed by atoms with E-state index in [9.17, 15) is 9.59 Å². The Morgan fingerprint density at radius 3 is 2.71 bits per heavy atom. The summed E-state index contributed by atoms with van der Waals surface area (Å²) in [4.78, 5) is 34.1. The quantitative estimate of drug-likeness (QED) is 0.747. The molecule has 0 aromatic carbocycles. The molecule has 0 atom stereocenters. The number of hydrogen-bond donors (Lipinski definition) is 1. The van der Waals surface area contributed by atoms with Crippen LogP contribution in [-0.4, -0.2) is 50.9 Å². The highest BCUT2D eigenvalue weighted by Crippen LogP contribution is 2.07. The molecule has 7 nitrogen and oxygen atoms in total. The minimum Gasteiger partial charge on any atom is -0.352 e. The van der Waals surface area contributed by atoms with Gasteiger partial charge in [-0.1, -0.05) is 0 Å². The Kier molecular flexibility index (Phi) is 6.48. The fraction of sp³-hybridized carbons (Fsp3) is 0.412. The van der Waals surface area contributed by atoms with E-state index in [0.717, 1.165) is 13.1 Å². The molecule has 0 fully saturated rings. The first-order valence-corrected chi connectivity index (χ1v) is 8.16. The van der Waals surface area contributed by atoms with Gasteiger partial charge in [0.1, 0.15) is 12.1 Å². The Hall–Kier alpha value is -2.70. The van der Waals surface area contributed by atoms with E-state index in [4.69, 9.17) is 0 Å². The number of rotatable bonds is 8. The smallest absolute Gasteiger partial charge is 0.251 e. The van der Waals surface area contributed by atoms with Gasteiger partial charge in [0.05, 0.1) is 0 Å². The SMILES string of the molecule is CCN(CC)C(=O)CCCNC(=O)c1ccnc(-n2ccnc2)c1. The van der Waals surface area contributed by atoms with Crippen LogP contribution in [0.15, 0.2) is 37.1 Å². The summed E-state index contributed by atoms with van der Waals surface area (Å²) >= 11 is 0. The van der Waals surface area contributed by atoms with Crippen LogP contribution >= 0.6 is 0 Å². The van der Waals surface area contributed by atoms with Gasteiger partial charge in [0.15, 0.2) is 0 Å². The van der Waals surface area contributed by atoms with Gasteiger partial charge in [-0.05, 0) is 32.4 Å². The second kappa shape index (κ2) is 8.81. The molecule has 0 saturated heterocycles. The summed E-state index contributed by atoms with van der Waals surface area (Å²) in [6, 6.07) is 3.37. The van der Waals surface area contributed by atoms with Gasteiger partial charge >= 0.3 is 0 Å². The highest BCUT2D eigenvalue weighted by molar-refractivity contribution is 5.94. The molecule has 1 N–H and O–H groups in total. The predicted octanol–water partition coefficient (Wildman–Crippen LogP) is 1.65. The lowest BCUT2D eigenvalue weighted by molar-refractivity contribution is -0.130. The number of carbonyl (C=O) groups is 2. The van der Waals surface area contributed by atoms with Crippen molar-refractivity contribution in [2.45, 2.75) is 26.7 Å². The Morgan fingerprint density at radius 1 is 1.25 bits per heavy atom. The number of nitrogens with one attached hydrogen (secondary N) is 1. The molecule has 24 heavy (non-hydrogen) atoms. The van der Waals surface area contributed by atoms with E-state index in [2.05, 4.69) is 15.3 Å². The third kappa shape index (κ3) is 4.65. The van der Waals surface area contributed by atoms with E-state index < -0.39 is 0 Å². The average molecular weight is 329 g/mol. The zero-order chi connectivity index (χ0) is 17.4. The highest BCUT2D eigenvalue weighted by Gasteiger charge is 2.10. The number of aromatic nitrogens is 3. The first kappa shape index (κ1) is 17.7. The molecule has 2 amide bonds. The Labute approximate surface area is 141 Å². The maximum absolute atomic E-state index is 12.2. The maximum Gasteiger partial charge on any atom is 0.251 e. The summed E-state index contributed by atoms with van der Waals surface area (Å²) < 4.78 is 1.74. The van der Waals surface area contributed by atoms with Crippen molar-refractivity contribution in [3.05, 3.63) is 42.6 Å². The lowest BCUT2D eigenvalue weighted by Gasteiger charge is -2.18. The Bertz CT molecular complexity index is 665. The number of nitrogens with zero attached hydrogens (tertiary/aromatic N) is 4. The molecular weight excluding hydrogens is 306 g/mol. The normalized spacial score (nSPS) is 10.4.